The normalized spacial score (nSPS) is 25.2. The van der Waals surface area contributed by atoms with Gasteiger partial charge in [0.2, 0.25) is 0 Å². The third-order valence-electron chi connectivity index (χ3n) is 6.39. The fourth-order valence-corrected chi connectivity index (χ4v) is 6.01. The number of thiophene rings is 1. The minimum absolute atomic E-state index is 0.323. The van der Waals surface area contributed by atoms with E-state index in [2.05, 4.69) is 4.90 Å². The Kier molecular flexibility index (Phi) is 3.57. The first-order chi connectivity index (χ1) is 12.8. The van der Waals surface area contributed by atoms with Gasteiger partial charge < -0.3 is 14.4 Å². The zero-order chi connectivity index (χ0) is 17.1. The Labute approximate surface area is 157 Å². The van der Waals surface area contributed by atoms with Gasteiger partial charge in [-0.25, -0.2) is 9.97 Å². The smallest absolute Gasteiger partial charge is 0.171 e. The molecule has 6 heteroatoms. The van der Waals surface area contributed by atoms with Gasteiger partial charge in [0.15, 0.2) is 5.79 Å². The molecule has 1 saturated carbocycles. The standard InChI is InChI=1S/C20H25N3O2S/c1-2-4-15-14(3-1)16-18(21-17(13-5-6-13)22-19(16)26-15)23-9-7-20(8-10-23)24-11-12-25-20/h13H,1-12H2. The fourth-order valence-electron chi connectivity index (χ4n) is 4.75. The third kappa shape index (κ3) is 2.49. The minimum Gasteiger partial charge on any atom is -0.356 e. The molecule has 2 aliphatic heterocycles. The summed E-state index contributed by atoms with van der Waals surface area (Å²) < 4.78 is 11.8. The summed E-state index contributed by atoms with van der Waals surface area (Å²) in [6.45, 7) is 3.39. The minimum atomic E-state index is -0.323. The molecule has 5 nitrogen and oxygen atoms in total. The highest BCUT2D eigenvalue weighted by atomic mass is 32.1. The van der Waals surface area contributed by atoms with Crippen molar-refractivity contribution in [2.75, 3.05) is 31.2 Å². The lowest BCUT2D eigenvalue weighted by Crippen LogP contribution is -2.45. The van der Waals surface area contributed by atoms with Crippen LogP contribution in [-0.4, -0.2) is 42.1 Å². The van der Waals surface area contributed by atoms with Crippen LogP contribution in [0.4, 0.5) is 5.82 Å². The van der Waals surface area contributed by atoms with Crippen LogP contribution in [0, 0.1) is 0 Å². The van der Waals surface area contributed by atoms with Crippen molar-refractivity contribution in [1.29, 1.82) is 0 Å². The second kappa shape index (κ2) is 5.88. The van der Waals surface area contributed by atoms with Crippen molar-refractivity contribution in [3.63, 3.8) is 0 Å². The van der Waals surface area contributed by atoms with E-state index in [4.69, 9.17) is 19.4 Å². The van der Waals surface area contributed by atoms with Gasteiger partial charge in [0.05, 0.1) is 18.6 Å². The number of anilines is 1. The number of rotatable bonds is 2. The van der Waals surface area contributed by atoms with Crippen molar-refractivity contribution >= 4 is 27.4 Å². The number of piperidine rings is 1. The zero-order valence-electron chi connectivity index (χ0n) is 15.1. The molecule has 2 aromatic heterocycles. The van der Waals surface area contributed by atoms with Gasteiger partial charge in [-0.1, -0.05) is 0 Å². The van der Waals surface area contributed by atoms with Gasteiger partial charge in [0.25, 0.3) is 0 Å². The van der Waals surface area contributed by atoms with E-state index < -0.39 is 0 Å². The summed E-state index contributed by atoms with van der Waals surface area (Å²) in [5, 5.41) is 1.36. The monoisotopic (exact) mass is 371 g/mol. The number of nitrogens with zero attached hydrogens (tertiary/aromatic N) is 3. The Bertz CT molecular complexity index is 844. The Morgan fingerprint density at radius 3 is 2.54 bits per heavy atom. The van der Waals surface area contributed by atoms with Gasteiger partial charge in [0, 0.05) is 36.7 Å². The van der Waals surface area contributed by atoms with Crippen LogP contribution in [0.15, 0.2) is 0 Å². The fraction of sp³-hybridized carbons (Fsp3) is 0.700. The first-order valence-corrected chi connectivity index (χ1v) is 11.0. The number of ether oxygens (including phenoxy) is 2. The predicted molar refractivity (Wildman–Crippen MR) is 102 cm³/mol. The molecule has 4 aliphatic rings. The van der Waals surface area contributed by atoms with Gasteiger partial charge in [-0.15, -0.1) is 11.3 Å². The topological polar surface area (TPSA) is 47.5 Å². The highest BCUT2D eigenvalue weighted by molar-refractivity contribution is 7.19. The molecule has 0 N–H and O–H groups in total. The van der Waals surface area contributed by atoms with Crippen molar-refractivity contribution in [2.24, 2.45) is 0 Å². The molecular weight excluding hydrogens is 346 g/mol. The maximum absolute atomic E-state index is 5.92. The summed E-state index contributed by atoms with van der Waals surface area (Å²) in [5.74, 6) is 2.55. The maximum atomic E-state index is 5.92. The average Bonchev–Trinajstić information content (AvgIpc) is 3.33. The lowest BCUT2D eigenvalue weighted by molar-refractivity contribution is -0.169. The largest absolute Gasteiger partial charge is 0.356 e. The van der Waals surface area contributed by atoms with Crippen LogP contribution >= 0.6 is 11.3 Å². The molecule has 138 valence electrons. The molecule has 26 heavy (non-hydrogen) atoms. The summed E-state index contributed by atoms with van der Waals surface area (Å²) in [7, 11) is 0. The molecule has 2 aromatic rings. The van der Waals surface area contributed by atoms with Crippen molar-refractivity contribution in [1.82, 2.24) is 9.97 Å². The summed E-state index contributed by atoms with van der Waals surface area (Å²) in [5.41, 5.74) is 1.54. The average molecular weight is 372 g/mol. The quantitative estimate of drug-likeness (QED) is 0.804. The summed E-state index contributed by atoms with van der Waals surface area (Å²) in [6.07, 6.45) is 9.40. The predicted octanol–water partition coefficient (Wildman–Crippen LogP) is 3.79. The number of fused-ring (bicyclic) bond motifs is 3. The van der Waals surface area contributed by atoms with Crippen molar-refractivity contribution < 1.29 is 9.47 Å². The molecule has 2 aliphatic carbocycles. The number of hydrogen-bond donors (Lipinski definition) is 0. The molecular formula is C20H25N3O2S. The van der Waals surface area contributed by atoms with Crippen LogP contribution in [0.2, 0.25) is 0 Å². The second-order valence-electron chi connectivity index (χ2n) is 8.17. The molecule has 0 bridgehead atoms. The van der Waals surface area contributed by atoms with Gasteiger partial charge in [-0.3, -0.25) is 0 Å². The Hall–Kier alpha value is -1.24. The van der Waals surface area contributed by atoms with Crippen molar-refractivity contribution in [3.05, 3.63) is 16.3 Å². The van der Waals surface area contributed by atoms with E-state index in [1.54, 1.807) is 10.4 Å². The van der Waals surface area contributed by atoms with Gasteiger partial charge in [0.1, 0.15) is 16.5 Å². The van der Waals surface area contributed by atoms with Crippen molar-refractivity contribution in [2.45, 2.75) is 63.1 Å². The summed E-state index contributed by atoms with van der Waals surface area (Å²) in [6, 6.07) is 0. The number of aryl methyl sites for hydroxylation is 2. The molecule has 0 radical (unpaired) electrons. The molecule has 3 fully saturated rings. The molecule has 0 unspecified atom stereocenters. The van der Waals surface area contributed by atoms with Crippen LogP contribution in [0.1, 0.15) is 60.7 Å². The lowest BCUT2D eigenvalue weighted by Gasteiger charge is -2.38. The first kappa shape index (κ1) is 15.8. The van der Waals surface area contributed by atoms with E-state index in [1.807, 2.05) is 11.3 Å². The number of aromatic nitrogens is 2. The molecule has 0 atom stereocenters. The van der Waals surface area contributed by atoms with E-state index in [0.717, 1.165) is 45.0 Å². The highest BCUT2D eigenvalue weighted by Crippen LogP contribution is 2.45. The van der Waals surface area contributed by atoms with Gasteiger partial charge >= 0.3 is 0 Å². The van der Waals surface area contributed by atoms with E-state index in [1.165, 1.54) is 54.6 Å². The molecule has 0 amide bonds. The van der Waals surface area contributed by atoms with E-state index >= 15 is 0 Å². The second-order valence-corrected chi connectivity index (χ2v) is 9.25. The zero-order valence-corrected chi connectivity index (χ0v) is 15.9. The summed E-state index contributed by atoms with van der Waals surface area (Å²) >= 11 is 1.93. The summed E-state index contributed by atoms with van der Waals surface area (Å²) in [4.78, 5) is 15.4. The van der Waals surface area contributed by atoms with Crippen molar-refractivity contribution in [3.8, 4) is 0 Å². The first-order valence-electron chi connectivity index (χ1n) is 10.2. The number of hydrogen-bond acceptors (Lipinski definition) is 6. The molecule has 6 rings (SSSR count). The maximum Gasteiger partial charge on any atom is 0.171 e. The van der Waals surface area contributed by atoms with Crippen LogP contribution in [0.25, 0.3) is 10.2 Å². The van der Waals surface area contributed by atoms with Crippen LogP contribution < -0.4 is 4.90 Å². The van der Waals surface area contributed by atoms with E-state index in [-0.39, 0.29) is 5.79 Å². The van der Waals surface area contributed by atoms with Crippen LogP contribution in [0.5, 0.6) is 0 Å². The molecule has 0 aromatic carbocycles. The van der Waals surface area contributed by atoms with E-state index in [0.29, 0.717) is 5.92 Å². The van der Waals surface area contributed by atoms with Gasteiger partial charge in [-0.05, 0) is 44.1 Å². The molecule has 2 saturated heterocycles. The molecule has 1 spiro atoms. The van der Waals surface area contributed by atoms with Crippen LogP contribution in [-0.2, 0) is 22.3 Å². The Morgan fingerprint density at radius 2 is 1.77 bits per heavy atom. The SMILES string of the molecule is C1CCc2c(sc3nc(C4CC4)nc(N4CCC5(CC4)OCCO5)c23)C1. The van der Waals surface area contributed by atoms with Crippen LogP contribution in [0.3, 0.4) is 0 Å². The highest BCUT2D eigenvalue weighted by Gasteiger charge is 2.41. The van der Waals surface area contributed by atoms with Gasteiger partial charge in [-0.2, -0.15) is 0 Å². The van der Waals surface area contributed by atoms with E-state index in [9.17, 15) is 0 Å². The Balaban J connectivity index is 1.42. The third-order valence-corrected chi connectivity index (χ3v) is 7.58. The Morgan fingerprint density at radius 1 is 1.00 bits per heavy atom. The molecule has 4 heterocycles. The lowest BCUT2D eigenvalue weighted by atomic mass is 9.96.